The monoisotopic (exact) mass is 363 g/mol. The molecule has 0 radical (unpaired) electrons. The van der Waals surface area contributed by atoms with Crippen LogP contribution in [-0.2, 0) is 20.9 Å². The number of hydrogen-bond acceptors (Lipinski definition) is 4. The lowest BCUT2D eigenvalue weighted by Gasteiger charge is -2.05. The molecule has 0 fully saturated rings. The molecule has 0 aliphatic heterocycles. The van der Waals surface area contributed by atoms with Gasteiger partial charge >= 0.3 is 5.97 Å². The maximum Gasteiger partial charge on any atom is 0.331 e. The number of amides is 1. The summed E-state index contributed by atoms with van der Waals surface area (Å²) in [6.45, 7) is 0.0747. The molecule has 0 spiro atoms. The summed E-state index contributed by atoms with van der Waals surface area (Å²) in [5, 5.41) is 2.67. The molecule has 0 saturated heterocycles. The summed E-state index contributed by atoms with van der Waals surface area (Å²) in [4.78, 5) is 23.0. The fourth-order valence-corrected chi connectivity index (χ4v) is 1.92. The van der Waals surface area contributed by atoms with Gasteiger partial charge in [-0.1, -0.05) is 30.3 Å². The number of rotatable bonds is 6. The molecule has 0 unspecified atom stereocenters. The zero-order valence-corrected chi connectivity index (χ0v) is 13.2. The van der Waals surface area contributed by atoms with Gasteiger partial charge in [0, 0.05) is 12.6 Å². The topological polar surface area (TPSA) is 68.5 Å². The first kappa shape index (κ1) is 16.0. The molecule has 2 aromatic rings. The van der Waals surface area contributed by atoms with Crippen LogP contribution in [0.4, 0.5) is 0 Å². The Balaban J connectivity index is 1.69. The second-order valence-corrected chi connectivity index (χ2v) is 5.13. The zero-order chi connectivity index (χ0) is 15.8. The number of furan rings is 1. The number of benzene rings is 1. The van der Waals surface area contributed by atoms with Gasteiger partial charge in [0.1, 0.15) is 5.76 Å². The normalized spacial score (nSPS) is 10.6. The Morgan fingerprint density at radius 2 is 1.95 bits per heavy atom. The van der Waals surface area contributed by atoms with Crippen molar-refractivity contribution >= 4 is 33.9 Å². The average molecular weight is 364 g/mol. The summed E-state index contributed by atoms with van der Waals surface area (Å²) in [7, 11) is 0. The summed E-state index contributed by atoms with van der Waals surface area (Å²) in [6, 6.07) is 12.9. The van der Waals surface area contributed by atoms with E-state index in [1.807, 2.05) is 30.3 Å². The van der Waals surface area contributed by atoms with E-state index >= 15 is 0 Å². The van der Waals surface area contributed by atoms with Crippen molar-refractivity contribution in [2.45, 2.75) is 6.54 Å². The number of carbonyl (C=O) groups excluding carboxylic acids is 2. The second-order valence-electron chi connectivity index (χ2n) is 4.35. The Kier molecular flexibility index (Phi) is 5.97. The number of esters is 1. The number of ether oxygens (including phenoxy) is 1. The van der Waals surface area contributed by atoms with Gasteiger partial charge in [0.25, 0.3) is 5.91 Å². The highest BCUT2D eigenvalue weighted by Crippen LogP contribution is 2.14. The van der Waals surface area contributed by atoms with Crippen molar-refractivity contribution in [2.75, 3.05) is 6.61 Å². The Hall–Kier alpha value is -2.34. The molecular weight excluding hydrogens is 350 g/mol. The zero-order valence-electron chi connectivity index (χ0n) is 11.6. The van der Waals surface area contributed by atoms with E-state index < -0.39 is 5.97 Å². The van der Waals surface area contributed by atoms with Crippen LogP contribution in [0.2, 0.25) is 0 Å². The molecule has 5 nitrogen and oxygen atoms in total. The minimum atomic E-state index is -0.609. The number of hydrogen-bond donors (Lipinski definition) is 1. The highest BCUT2D eigenvalue weighted by atomic mass is 79.9. The first-order valence-corrected chi connectivity index (χ1v) is 7.33. The molecule has 0 aliphatic rings. The molecule has 1 aromatic carbocycles. The van der Waals surface area contributed by atoms with Crippen LogP contribution >= 0.6 is 15.9 Å². The highest BCUT2D eigenvalue weighted by molar-refractivity contribution is 9.10. The van der Waals surface area contributed by atoms with E-state index in [1.165, 1.54) is 12.2 Å². The summed E-state index contributed by atoms with van der Waals surface area (Å²) >= 11 is 3.16. The molecule has 1 amide bonds. The Morgan fingerprint density at radius 1 is 1.18 bits per heavy atom. The Labute approximate surface area is 136 Å². The third-order valence-corrected chi connectivity index (χ3v) is 3.08. The molecule has 22 heavy (non-hydrogen) atoms. The number of carbonyl (C=O) groups is 2. The predicted octanol–water partition coefficient (Wildman–Crippen LogP) is 2.91. The fourth-order valence-electron chi connectivity index (χ4n) is 1.60. The molecule has 114 valence electrons. The lowest BCUT2D eigenvalue weighted by molar-refractivity contribution is -0.143. The van der Waals surface area contributed by atoms with Gasteiger partial charge in [0.05, 0.1) is 0 Å². The van der Waals surface area contributed by atoms with Crippen LogP contribution < -0.4 is 5.32 Å². The lowest BCUT2D eigenvalue weighted by Crippen LogP contribution is -2.28. The van der Waals surface area contributed by atoms with Crippen molar-refractivity contribution in [3.05, 3.63) is 64.5 Å². The summed E-state index contributed by atoms with van der Waals surface area (Å²) in [5.41, 5.74) is 0.977. The largest absolute Gasteiger partial charge is 0.452 e. The van der Waals surface area contributed by atoms with Gasteiger partial charge in [0.2, 0.25) is 0 Å². The Bertz CT molecular complexity index is 664. The Morgan fingerprint density at radius 3 is 2.64 bits per heavy atom. The number of halogens is 1. The van der Waals surface area contributed by atoms with Gasteiger partial charge in [-0.05, 0) is 39.7 Å². The van der Waals surface area contributed by atoms with Crippen LogP contribution in [-0.4, -0.2) is 18.5 Å². The SMILES string of the molecule is O=C(COC(=O)C=Cc1ccc(Br)o1)NCc1ccccc1. The predicted molar refractivity (Wildman–Crippen MR) is 84.7 cm³/mol. The van der Waals surface area contributed by atoms with Crippen LogP contribution in [0, 0.1) is 0 Å². The maximum absolute atomic E-state index is 11.6. The van der Waals surface area contributed by atoms with Gasteiger partial charge in [-0.3, -0.25) is 4.79 Å². The fraction of sp³-hybridized carbons (Fsp3) is 0.125. The molecule has 0 atom stereocenters. The van der Waals surface area contributed by atoms with Crippen LogP contribution in [0.3, 0.4) is 0 Å². The van der Waals surface area contributed by atoms with E-state index in [9.17, 15) is 9.59 Å². The van der Waals surface area contributed by atoms with E-state index in [4.69, 9.17) is 9.15 Å². The van der Waals surface area contributed by atoms with E-state index in [2.05, 4.69) is 21.2 Å². The molecule has 0 bridgehead atoms. The molecule has 1 heterocycles. The molecule has 1 aromatic heterocycles. The lowest BCUT2D eigenvalue weighted by atomic mass is 10.2. The third-order valence-electron chi connectivity index (χ3n) is 2.66. The van der Waals surface area contributed by atoms with Crippen LogP contribution in [0.1, 0.15) is 11.3 Å². The average Bonchev–Trinajstić information content (AvgIpc) is 2.95. The van der Waals surface area contributed by atoms with Crippen molar-refractivity contribution in [3.63, 3.8) is 0 Å². The maximum atomic E-state index is 11.6. The van der Waals surface area contributed by atoms with E-state index in [-0.39, 0.29) is 12.5 Å². The minimum absolute atomic E-state index is 0.322. The van der Waals surface area contributed by atoms with Crippen molar-refractivity contribution < 1.29 is 18.7 Å². The molecule has 0 saturated carbocycles. The summed E-state index contributed by atoms with van der Waals surface area (Å²) < 4.78 is 10.6. The first-order chi connectivity index (χ1) is 10.6. The van der Waals surface area contributed by atoms with E-state index in [0.29, 0.717) is 17.0 Å². The molecule has 6 heteroatoms. The van der Waals surface area contributed by atoms with Crippen LogP contribution in [0.5, 0.6) is 0 Å². The van der Waals surface area contributed by atoms with E-state index in [1.54, 1.807) is 12.1 Å². The quantitative estimate of drug-likeness (QED) is 0.632. The van der Waals surface area contributed by atoms with Crippen molar-refractivity contribution in [1.29, 1.82) is 0 Å². The molecular formula is C16H14BrNO4. The standard InChI is InChI=1S/C16H14BrNO4/c17-14-8-6-13(22-14)7-9-16(20)21-11-15(19)18-10-12-4-2-1-3-5-12/h1-9H,10-11H2,(H,18,19). The van der Waals surface area contributed by atoms with Gasteiger partial charge in [0.15, 0.2) is 11.3 Å². The van der Waals surface area contributed by atoms with Crippen LogP contribution in [0.25, 0.3) is 6.08 Å². The minimum Gasteiger partial charge on any atom is -0.452 e. The summed E-state index contributed by atoms with van der Waals surface area (Å²) in [5.74, 6) is -0.453. The summed E-state index contributed by atoms with van der Waals surface area (Å²) in [6.07, 6.45) is 2.67. The molecule has 1 N–H and O–H groups in total. The third kappa shape index (κ3) is 5.57. The first-order valence-electron chi connectivity index (χ1n) is 6.54. The van der Waals surface area contributed by atoms with Gasteiger partial charge in [-0.2, -0.15) is 0 Å². The van der Waals surface area contributed by atoms with Gasteiger partial charge in [-0.15, -0.1) is 0 Å². The van der Waals surface area contributed by atoms with E-state index in [0.717, 1.165) is 5.56 Å². The van der Waals surface area contributed by atoms with Crippen LogP contribution in [0.15, 0.2) is 57.6 Å². The van der Waals surface area contributed by atoms with Crippen molar-refractivity contribution in [1.82, 2.24) is 5.32 Å². The smallest absolute Gasteiger partial charge is 0.331 e. The second kappa shape index (κ2) is 8.19. The molecule has 0 aliphatic carbocycles. The van der Waals surface area contributed by atoms with Crippen molar-refractivity contribution in [3.8, 4) is 0 Å². The van der Waals surface area contributed by atoms with Gasteiger partial charge < -0.3 is 14.5 Å². The highest BCUT2D eigenvalue weighted by Gasteiger charge is 2.05. The van der Waals surface area contributed by atoms with Gasteiger partial charge in [-0.25, -0.2) is 4.79 Å². The number of nitrogens with one attached hydrogen (secondary N) is 1. The molecule has 2 rings (SSSR count). The van der Waals surface area contributed by atoms with Crippen molar-refractivity contribution in [2.24, 2.45) is 0 Å².